The Balaban J connectivity index is 2.47. The summed E-state index contributed by atoms with van der Waals surface area (Å²) in [6, 6.07) is 8.03. The Morgan fingerprint density at radius 1 is 1.36 bits per heavy atom. The van der Waals surface area contributed by atoms with Crippen LogP contribution in [0.15, 0.2) is 24.3 Å². The first-order valence-electron chi connectivity index (χ1n) is 3.69. The Morgan fingerprint density at radius 2 is 2.09 bits per heavy atom. The second-order valence-electron chi connectivity index (χ2n) is 2.86. The van der Waals surface area contributed by atoms with E-state index in [0.29, 0.717) is 0 Å². The van der Waals surface area contributed by atoms with Gasteiger partial charge in [0.2, 0.25) is 0 Å². The molecule has 0 saturated heterocycles. The van der Waals surface area contributed by atoms with Crippen molar-refractivity contribution in [3.8, 4) is 0 Å². The normalized spacial score (nSPS) is 28.5. The predicted molar refractivity (Wildman–Crippen MR) is 47.8 cm³/mol. The third kappa shape index (κ3) is 1.10. The van der Waals surface area contributed by atoms with Crippen LogP contribution in [0.1, 0.15) is 17.2 Å². The average Bonchev–Trinajstić information content (AvgIpc) is 2.30. The summed E-state index contributed by atoms with van der Waals surface area (Å²) in [6.45, 7) is 0. The molecule has 2 heteroatoms. The van der Waals surface area contributed by atoms with Gasteiger partial charge < -0.3 is 5.11 Å². The molecule has 1 aromatic rings. The van der Waals surface area contributed by atoms with Crippen molar-refractivity contribution in [1.82, 2.24) is 0 Å². The molecule has 0 bridgehead atoms. The lowest BCUT2D eigenvalue weighted by Gasteiger charge is -2.05. The van der Waals surface area contributed by atoms with Crippen LogP contribution in [0, 0.1) is 0 Å². The summed E-state index contributed by atoms with van der Waals surface area (Å²) in [5.41, 5.74) is 2.34. The predicted octanol–water partition coefficient (Wildman–Crippen LogP) is 2.04. The van der Waals surface area contributed by atoms with Crippen LogP contribution >= 0.6 is 15.9 Å². The van der Waals surface area contributed by atoms with Crippen molar-refractivity contribution in [2.45, 2.75) is 17.4 Å². The molecule has 0 spiro atoms. The van der Waals surface area contributed by atoms with Gasteiger partial charge in [-0.2, -0.15) is 0 Å². The Labute approximate surface area is 74.2 Å². The largest absolute Gasteiger partial charge is 0.387 e. The molecule has 0 aliphatic heterocycles. The fraction of sp³-hybridized carbons (Fsp3) is 0.333. The third-order valence-electron chi connectivity index (χ3n) is 2.13. The van der Waals surface area contributed by atoms with Crippen molar-refractivity contribution in [2.24, 2.45) is 0 Å². The molecule has 2 atom stereocenters. The summed E-state index contributed by atoms with van der Waals surface area (Å²) in [5, 5.41) is 9.60. The smallest absolute Gasteiger partial charge is 0.0920 e. The monoisotopic (exact) mass is 212 g/mol. The van der Waals surface area contributed by atoms with Crippen molar-refractivity contribution in [3.63, 3.8) is 0 Å². The van der Waals surface area contributed by atoms with E-state index >= 15 is 0 Å². The lowest BCUT2D eigenvalue weighted by Crippen LogP contribution is -2.03. The van der Waals surface area contributed by atoms with Crippen LogP contribution in [-0.2, 0) is 6.42 Å². The molecule has 0 unspecified atom stereocenters. The molecule has 58 valence electrons. The molecule has 1 aliphatic carbocycles. The van der Waals surface area contributed by atoms with Gasteiger partial charge in [-0.15, -0.1) is 0 Å². The molecule has 2 rings (SSSR count). The zero-order valence-corrected chi connectivity index (χ0v) is 7.58. The quantitative estimate of drug-likeness (QED) is 0.654. The van der Waals surface area contributed by atoms with Gasteiger partial charge in [0.1, 0.15) is 0 Å². The van der Waals surface area contributed by atoms with Crippen LogP contribution in [0.25, 0.3) is 0 Å². The summed E-state index contributed by atoms with van der Waals surface area (Å²) in [6.07, 6.45) is 0.628. The maximum Gasteiger partial charge on any atom is 0.0920 e. The molecular formula is C9H9BrO. The summed E-state index contributed by atoms with van der Waals surface area (Å²) in [5.74, 6) is 0. The van der Waals surface area contributed by atoms with Crippen molar-refractivity contribution in [1.29, 1.82) is 0 Å². The topological polar surface area (TPSA) is 20.2 Å². The lowest BCUT2D eigenvalue weighted by atomic mass is 10.1. The summed E-state index contributed by atoms with van der Waals surface area (Å²) in [4.78, 5) is 0.208. The second-order valence-corrected chi connectivity index (χ2v) is 4.04. The first-order valence-corrected chi connectivity index (χ1v) is 4.60. The maximum atomic E-state index is 9.60. The number of alkyl halides is 1. The molecule has 0 radical (unpaired) electrons. The van der Waals surface area contributed by atoms with Gasteiger partial charge in [0.15, 0.2) is 0 Å². The van der Waals surface area contributed by atoms with Crippen LogP contribution in [0.2, 0.25) is 0 Å². The van der Waals surface area contributed by atoms with Gasteiger partial charge in [-0.05, 0) is 17.5 Å². The zero-order chi connectivity index (χ0) is 7.84. The van der Waals surface area contributed by atoms with Gasteiger partial charge >= 0.3 is 0 Å². The van der Waals surface area contributed by atoms with Crippen LogP contribution in [0.5, 0.6) is 0 Å². The minimum Gasteiger partial charge on any atom is -0.387 e. The number of benzene rings is 1. The molecule has 0 saturated carbocycles. The Morgan fingerprint density at radius 3 is 2.82 bits per heavy atom. The van der Waals surface area contributed by atoms with E-state index in [2.05, 4.69) is 22.0 Å². The number of halogens is 1. The molecule has 1 aliphatic rings. The minimum absolute atomic E-state index is 0.208. The van der Waals surface area contributed by atoms with E-state index in [-0.39, 0.29) is 10.9 Å². The molecule has 11 heavy (non-hydrogen) atoms. The summed E-state index contributed by atoms with van der Waals surface area (Å²) in [7, 11) is 0. The second kappa shape index (κ2) is 2.61. The standard InChI is InChI=1S/C9H9BrO/c10-8-5-6-3-1-2-4-7(6)9(8)11/h1-4,8-9,11H,5H2/t8-,9+/m0/s1. The highest BCUT2D eigenvalue weighted by molar-refractivity contribution is 9.09. The van der Waals surface area contributed by atoms with Crippen molar-refractivity contribution >= 4 is 15.9 Å². The fourth-order valence-corrected chi connectivity index (χ4v) is 2.16. The minimum atomic E-state index is -0.314. The maximum absolute atomic E-state index is 9.60. The van der Waals surface area contributed by atoms with E-state index in [1.807, 2.05) is 18.2 Å². The number of hydrogen-bond donors (Lipinski definition) is 1. The molecule has 1 N–H and O–H groups in total. The summed E-state index contributed by atoms with van der Waals surface area (Å²) >= 11 is 3.43. The highest BCUT2D eigenvalue weighted by Crippen LogP contribution is 2.35. The van der Waals surface area contributed by atoms with Gasteiger partial charge in [-0.3, -0.25) is 0 Å². The van der Waals surface area contributed by atoms with Gasteiger partial charge in [-0.1, -0.05) is 40.2 Å². The molecule has 0 amide bonds. The number of rotatable bonds is 0. The molecule has 0 fully saturated rings. The molecule has 1 nitrogen and oxygen atoms in total. The first kappa shape index (κ1) is 7.32. The van der Waals surface area contributed by atoms with Crippen LogP contribution in [0.4, 0.5) is 0 Å². The highest BCUT2D eigenvalue weighted by atomic mass is 79.9. The lowest BCUT2D eigenvalue weighted by molar-refractivity contribution is 0.187. The van der Waals surface area contributed by atoms with Crippen molar-refractivity contribution < 1.29 is 5.11 Å². The van der Waals surface area contributed by atoms with Gasteiger partial charge in [-0.25, -0.2) is 0 Å². The number of aliphatic hydroxyl groups excluding tert-OH is 1. The van der Waals surface area contributed by atoms with Crippen molar-refractivity contribution in [2.75, 3.05) is 0 Å². The third-order valence-corrected chi connectivity index (χ3v) is 2.96. The zero-order valence-electron chi connectivity index (χ0n) is 6.00. The van der Waals surface area contributed by atoms with Gasteiger partial charge in [0.25, 0.3) is 0 Å². The average molecular weight is 213 g/mol. The Bertz CT molecular complexity index is 272. The first-order chi connectivity index (χ1) is 5.29. The van der Waals surface area contributed by atoms with E-state index in [4.69, 9.17) is 0 Å². The molecule has 1 aromatic carbocycles. The Hall–Kier alpha value is -0.340. The SMILES string of the molecule is O[C@@H]1c2ccccc2C[C@@H]1Br. The van der Waals surface area contributed by atoms with Crippen molar-refractivity contribution in [3.05, 3.63) is 35.4 Å². The molecular weight excluding hydrogens is 204 g/mol. The van der Waals surface area contributed by atoms with Crippen LogP contribution < -0.4 is 0 Å². The number of hydrogen-bond acceptors (Lipinski definition) is 1. The van der Waals surface area contributed by atoms with Crippen LogP contribution in [-0.4, -0.2) is 9.93 Å². The van der Waals surface area contributed by atoms with Gasteiger partial charge in [0.05, 0.1) is 6.10 Å². The fourth-order valence-electron chi connectivity index (χ4n) is 1.53. The van der Waals surface area contributed by atoms with E-state index in [0.717, 1.165) is 12.0 Å². The van der Waals surface area contributed by atoms with E-state index in [9.17, 15) is 5.11 Å². The molecule has 0 heterocycles. The van der Waals surface area contributed by atoms with E-state index in [1.54, 1.807) is 0 Å². The number of aliphatic hydroxyl groups is 1. The van der Waals surface area contributed by atoms with E-state index < -0.39 is 0 Å². The van der Waals surface area contributed by atoms with E-state index in [1.165, 1.54) is 5.56 Å². The summed E-state index contributed by atoms with van der Waals surface area (Å²) < 4.78 is 0. The Kier molecular flexibility index (Phi) is 1.74. The highest BCUT2D eigenvalue weighted by Gasteiger charge is 2.27. The van der Waals surface area contributed by atoms with Crippen LogP contribution in [0.3, 0.4) is 0 Å². The number of fused-ring (bicyclic) bond motifs is 1. The molecule has 0 aromatic heterocycles. The van der Waals surface area contributed by atoms with Gasteiger partial charge in [0, 0.05) is 4.83 Å².